The monoisotopic (exact) mass is 405 g/mol. The second-order valence-corrected chi connectivity index (χ2v) is 7.75. The van der Waals surface area contributed by atoms with Crippen molar-refractivity contribution in [2.45, 2.75) is 114 Å². The van der Waals surface area contributed by atoms with Gasteiger partial charge in [0.2, 0.25) is 0 Å². The van der Waals surface area contributed by atoms with Crippen LogP contribution >= 0.6 is 0 Å². The zero-order chi connectivity index (χ0) is 20.9. The predicted molar refractivity (Wildman–Crippen MR) is 104 cm³/mol. The average molecular weight is 406 g/mol. The van der Waals surface area contributed by atoms with E-state index < -0.39 is 49.3 Å². The minimum atomic E-state index is -1.45. The van der Waals surface area contributed by atoms with Gasteiger partial charge in [-0.3, -0.25) is 4.79 Å². The minimum absolute atomic E-state index is 0.201. The first-order valence-electron chi connectivity index (χ1n) is 10.7. The van der Waals surface area contributed by atoms with Crippen LogP contribution in [0.3, 0.4) is 0 Å². The first-order valence-corrected chi connectivity index (χ1v) is 10.7. The van der Waals surface area contributed by atoms with Crippen molar-refractivity contribution in [3.63, 3.8) is 0 Å². The van der Waals surface area contributed by atoms with Crippen LogP contribution in [0.1, 0.15) is 77.6 Å². The van der Waals surface area contributed by atoms with Crippen LogP contribution in [0, 0.1) is 0 Å². The summed E-state index contributed by atoms with van der Waals surface area (Å²) in [5.41, 5.74) is 5.72. The van der Waals surface area contributed by atoms with Gasteiger partial charge in [-0.05, 0) is 6.42 Å². The van der Waals surface area contributed by atoms with Crippen molar-refractivity contribution in [2.24, 2.45) is 5.73 Å². The molecular weight excluding hydrogens is 366 g/mol. The molecule has 0 amide bonds. The molecule has 0 spiro atoms. The van der Waals surface area contributed by atoms with Gasteiger partial charge in [-0.2, -0.15) is 0 Å². The van der Waals surface area contributed by atoms with Crippen molar-refractivity contribution >= 4 is 5.97 Å². The number of rotatable bonds is 14. The Balaban J connectivity index is 2.20. The number of aliphatic hydroxyl groups excluding tert-OH is 4. The number of esters is 1. The number of ether oxygens (including phenoxy) is 2. The quantitative estimate of drug-likeness (QED) is 0.212. The van der Waals surface area contributed by atoms with Crippen molar-refractivity contribution in [1.82, 2.24) is 0 Å². The zero-order valence-corrected chi connectivity index (χ0v) is 17.0. The van der Waals surface area contributed by atoms with Gasteiger partial charge in [0.15, 0.2) is 12.4 Å². The van der Waals surface area contributed by atoms with Crippen molar-refractivity contribution in [1.29, 1.82) is 0 Å². The molecule has 6 N–H and O–H groups in total. The van der Waals surface area contributed by atoms with Crippen LogP contribution in [-0.4, -0.2) is 69.8 Å². The van der Waals surface area contributed by atoms with Crippen LogP contribution in [0.5, 0.6) is 0 Å². The lowest BCUT2D eigenvalue weighted by Gasteiger charge is -2.40. The Morgan fingerprint density at radius 2 is 1.64 bits per heavy atom. The van der Waals surface area contributed by atoms with Gasteiger partial charge in [-0.15, -0.1) is 0 Å². The lowest BCUT2D eigenvalue weighted by atomic mass is 9.97. The summed E-state index contributed by atoms with van der Waals surface area (Å²) < 4.78 is 10.1. The first kappa shape index (κ1) is 25.3. The molecule has 0 radical (unpaired) electrons. The fourth-order valence-corrected chi connectivity index (χ4v) is 3.44. The number of hydrogen-bond donors (Lipinski definition) is 5. The van der Waals surface area contributed by atoms with E-state index in [0.717, 1.165) is 19.3 Å². The molecule has 1 aliphatic heterocycles. The van der Waals surface area contributed by atoms with Crippen LogP contribution < -0.4 is 5.73 Å². The van der Waals surface area contributed by atoms with Crippen LogP contribution in [-0.2, 0) is 14.3 Å². The summed E-state index contributed by atoms with van der Waals surface area (Å²) >= 11 is 0. The second kappa shape index (κ2) is 14.3. The van der Waals surface area contributed by atoms with Gasteiger partial charge in [-0.25, -0.2) is 0 Å². The molecule has 1 rings (SSSR count). The maximum absolute atomic E-state index is 12.0. The Hall–Kier alpha value is -0.770. The van der Waals surface area contributed by atoms with E-state index in [0.29, 0.717) is 6.42 Å². The van der Waals surface area contributed by atoms with E-state index in [1.807, 2.05) is 0 Å². The van der Waals surface area contributed by atoms with E-state index in [9.17, 15) is 20.1 Å². The molecule has 0 bridgehead atoms. The van der Waals surface area contributed by atoms with E-state index in [-0.39, 0.29) is 6.42 Å². The van der Waals surface area contributed by atoms with Gasteiger partial charge < -0.3 is 35.6 Å². The number of carbonyl (C=O) groups is 1. The van der Waals surface area contributed by atoms with Crippen molar-refractivity contribution < 1.29 is 34.7 Å². The van der Waals surface area contributed by atoms with E-state index >= 15 is 0 Å². The van der Waals surface area contributed by atoms with Gasteiger partial charge in [0.1, 0.15) is 12.2 Å². The Bertz CT molecular complexity index is 423. The van der Waals surface area contributed by atoms with Gasteiger partial charge in [0.25, 0.3) is 0 Å². The Morgan fingerprint density at radius 1 is 1.07 bits per heavy atom. The molecule has 166 valence electrons. The topological polar surface area (TPSA) is 142 Å². The van der Waals surface area contributed by atoms with Gasteiger partial charge in [0, 0.05) is 0 Å². The molecule has 1 fully saturated rings. The summed E-state index contributed by atoms with van der Waals surface area (Å²) in [6, 6.07) is -1.13. The molecule has 0 saturated carbocycles. The van der Waals surface area contributed by atoms with Gasteiger partial charge >= 0.3 is 5.97 Å². The molecule has 6 atom stereocenters. The van der Waals surface area contributed by atoms with E-state index in [1.54, 1.807) is 0 Å². The lowest BCUT2D eigenvalue weighted by Crippen LogP contribution is -2.63. The van der Waals surface area contributed by atoms with Gasteiger partial charge in [0.05, 0.1) is 25.2 Å². The van der Waals surface area contributed by atoms with Crippen LogP contribution in [0.2, 0.25) is 0 Å². The molecule has 1 heterocycles. The highest BCUT2D eigenvalue weighted by molar-refractivity contribution is 5.70. The number of carbonyl (C=O) groups excluding carboxylic acids is 1. The summed E-state index contributed by atoms with van der Waals surface area (Å²) in [5.74, 6) is -0.700. The zero-order valence-electron chi connectivity index (χ0n) is 17.0. The molecule has 0 aromatic carbocycles. The molecule has 28 heavy (non-hydrogen) atoms. The third kappa shape index (κ3) is 9.15. The second-order valence-electron chi connectivity index (χ2n) is 7.75. The highest BCUT2D eigenvalue weighted by Crippen LogP contribution is 2.22. The van der Waals surface area contributed by atoms with E-state index in [2.05, 4.69) is 6.92 Å². The van der Waals surface area contributed by atoms with Crippen molar-refractivity contribution in [2.75, 3.05) is 6.61 Å². The summed E-state index contributed by atoms with van der Waals surface area (Å²) in [4.78, 5) is 12.0. The third-order valence-corrected chi connectivity index (χ3v) is 5.23. The Morgan fingerprint density at radius 3 is 2.21 bits per heavy atom. The number of unbranched alkanes of at least 4 members (excludes halogenated alkanes) is 8. The number of aliphatic hydroxyl groups is 4. The fourth-order valence-electron chi connectivity index (χ4n) is 3.44. The summed E-state index contributed by atoms with van der Waals surface area (Å²) in [6.45, 7) is 1.66. The van der Waals surface area contributed by atoms with E-state index in [4.69, 9.17) is 20.3 Å². The van der Waals surface area contributed by atoms with E-state index in [1.165, 1.54) is 38.5 Å². The molecular formula is C20H39NO7. The maximum atomic E-state index is 12.0. The van der Waals surface area contributed by atoms with Crippen LogP contribution in [0.15, 0.2) is 0 Å². The SMILES string of the molecule is CCCCCCCCCCCC(O)CC(=O)O[C@H]1[C@H](O)[C@@H](CO)OC(O)[C@@H]1N. The summed E-state index contributed by atoms with van der Waals surface area (Å²) in [7, 11) is 0. The minimum Gasteiger partial charge on any atom is -0.458 e. The summed E-state index contributed by atoms with van der Waals surface area (Å²) in [6.07, 6.45) is 5.01. The molecule has 0 aliphatic carbocycles. The smallest absolute Gasteiger partial charge is 0.308 e. The number of nitrogens with two attached hydrogens (primary N) is 1. The summed E-state index contributed by atoms with van der Waals surface area (Å²) in [5, 5.41) is 39.0. The van der Waals surface area contributed by atoms with Crippen molar-refractivity contribution in [3.05, 3.63) is 0 Å². The Kier molecular flexibility index (Phi) is 12.9. The standard InChI is InChI=1S/C20H39NO7/c1-2-3-4-5-6-7-8-9-10-11-14(23)12-16(24)28-19-17(21)20(26)27-15(13-22)18(19)25/h14-15,17-20,22-23,25-26H,2-13,21H2,1H3/t14?,15-,17-,18-,19-,20?/m1/s1. The maximum Gasteiger partial charge on any atom is 0.308 e. The fraction of sp³-hybridized carbons (Fsp3) is 0.950. The van der Waals surface area contributed by atoms with Gasteiger partial charge in [-0.1, -0.05) is 64.7 Å². The molecule has 0 aromatic heterocycles. The third-order valence-electron chi connectivity index (χ3n) is 5.23. The Labute approximate surface area is 168 Å². The molecule has 8 nitrogen and oxygen atoms in total. The molecule has 0 aromatic rings. The highest BCUT2D eigenvalue weighted by atomic mass is 16.6. The van der Waals surface area contributed by atoms with Crippen molar-refractivity contribution in [3.8, 4) is 0 Å². The lowest BCUT2D eigenvalue weighted by molar-refractivity contribution is -0.254. The molecule has 8 heteroatoms. The number of hydrogen-bond acceptors (Lipinski definition) is 8. The predicted octanol–water partition coefficient (Wildman–Crippen LogP) is 0.968. The molecule has 1 saturated heterocycles. The molecule has 2 unspecified atom stereocenters. The molecule has 1 aliphatic rings. The largest absolute Gasteiger partial charge is 0.458 e. The van der Waals surface area contributed by atoms with Crippen LogP contribution in [0.25, 0.3) is 0 Å². The van der Waals surface area contributed by atoms with Crippen LogP contribution in [0.4, 0.5) is 0 Å². The average Bonchev–Trinajstić information content (AvgIpc) is 2.66. The first-order chi connectivity index (χ1) is 13.4. The normalized spacial score (nSPS) is 28.9. The highest BCUT2D eigenvalue weighted by Gasteiger charge is 2.45.